The summed E-state index contributed by atoms with van der Waals surface area (Å²) in [6.07, 6.45) is 1.77. The molecular formula is C22H19ClN2O3. The molecule has 0 saturated heterocycles. The average Bonchev–Trinajstić information content (AvgIpc) is 2.68. The summed E-state index contributed by atoms with van der Waals surface area (Å²) in [5, 5.41) is 11.2. The largest absolute Gasteiger partial charge is 0.487 e. The van der Waals surface area contributed by atoms with Gasteiger partial charge in [0, 0.05) is 18.3 Å². The fraction of sp³-hybridized carbons (Fsp3) is 0.136. The number of ether oxygens (including phenoxy) is 1. The zero-order valence-electron chi connectivity index (χ0n) is 15.6. The van der Waals surface area contributed by atoms with Crippen molar-refractivity contribution in [1.29, 1.82) is 0 Å². The highest BCUT2D eigenvalue weighted by atomic mass is 35.5. The molecule has 6 heteroatoms. The van der Waals surface area contributed by atoms with E-state index in [0.29, 0.717) is 10.8 Å². The number of rotatable bonds is 6. The zero-order chi connectivity index (χ0) is 20.1. The molecule has 0 N–H and O–H groups in total. The molecule has 0 atom stereocenters. The van der Waals surface area contributed by atoms with Crippen LogP contribution in [0.15, 0.2) is 65.7 Å². The second-order valence-corrected chi connectivity index (χ2v) is 6.86. The molecule has 3 aromatic rings. The Morgan fingerprint density at radius 2 is 1.82 bits per heavy atom. The maximum atomic E-state index is 10.7. The summed E-state index contributed by atoms with van der Waals surface area (Å²) in [5.41, 5.74) is 4.93. The minimum Gasteiger partial charge on any atom is -0.487 e. The van der Waals surface area contributed by atoms with Gasteiger partial charge >= 0.3 is 0 Å². The molecule has 0 radical (unpaired) electrons. The van der Waals surface area contributed by atoms with Gasteiger partial charge in [-0.25, -0.2) is 0 Å². The molecule has 0 fully saturated rings. The van der Waals surface area contributed by atoms with Crippen molar-refractivity contribution in [3.8, 4) is 5.75 Å². The van der Waals surface area contributed by atoms with Gasteiger partial charge in [-0.1, -0.05) is 23.7 Å². The summed E-state index contributed by atoms with van der Waals surface area (Å²) >= 11 is 6.32. The number of nitrogens with zero attached hydrogens (tertiary/aromatic N) is 2. The third-order valence-corrected chi connectivity index (χ3v) is 4.51. The Morgan fingerprint density at radius 3 is 2.50 bits per heavy atom. The molecule has 0 bridgehead atoms. The van der Waals surface area contributed by atoms with Crippen molar-refractivity contribution < 1.29 is 9.66 Å². The lowest BCUT2D eigenvalue weighted by Crippen LogP contribution is -1.97. The zero-order valence-corrected chi connectivity index (χ0v) is 16.3. The van der Waals surface area contributed by atoms with E-state index in [2.05, 4.69) is 11.1 Å². The van der Waals surface area contributed by atoms with Crippen molar-refractivity contribution in [2.75, 3.05) is 0 Å². The molecule has 0 amide bonds. The number of benzene rings is 3. The number of aliphatic imine (C=N–C) groups is 1. The van der Waals surface area contributed by atoms with E-state index in [4.69, 9.17) is 16.3 Å². The van der Waals surface area contributed by atoms with Crippen LogP contribution in [0.2, 0.25) is 5.02 Å². The Bertz CT molecular complexity index is 1030. The molecule has 0 aliphatic rings. The van der Waals surface area contributed by atoms with Crippen molar-refractivity contribution in [2.24, 2.45) is 4.99 Å². The Hall–Kier alpha value is -3.18. The standard InChI is InChI=1S/C22H19ClN2O3/c1-15-3-4-16(2)21(11-15)24-13-18-7-10-22(20(23)12-18)28-14-17-5-8-19(9-6-17)25(26)27/h3-13H,14H2,1-2H3. The Balaban J connectivity index is 1.67. The monoisotopic (exact) mass is 394 g/mol. The van der Waals surface area contributed by atoms with Crippen LogP contribution in [0.4, 0.5) is 11.4 Å². The molecule has 142 valence electrons. The predicted molar refractivity (Wildman–Crippen MR) is 112 cm³/mol. The van der Waals surface area contributed by atoms with E-state index >= 15 is 0 Å². The first-order chi connectivity index (χ1) is 13.4. The third kappa shape index (κ3) is 4.96. The lowest BCUT2D eigenvalue weighted by atomic mass is 10.1. The highest BCUT2D eigenvalue weighted by Gasteiger charge is 2.06. The molecule has 5 nitrogen and oxygen atoms in total. The molecule has 28 heavy (non-hydrogen) atoms. The van der Waals surface area contributed by atoms with Crippen LogP contribution >= 0.6 is 11.6 Å². The maximum absolute atomic E-state index is 10.7. The second kappa shape index (κ2) is 8.67. The van der Waals surface area contributed by atoms with Crippen LogP contribution in [-0.2, 0) is 6.61 Å². The lowest BCUT2D eigenvalue weighted by molar-refractivity contribution is -0.384. The minimum atomic E-state index is -0.431. The van der Waals surface area contributed by atoms with E-state index in [-0.39, 0.29) is 12.3 Å². The number of aryl methyl sites for hydroxylation is 2. The number of hydrogen-bond acceptors (Lipinski definition) is 4. The van der Waals surface area contributed by atoms with E-state index in [1.807, 2.05) is 32.0 Å². The first kappa shape index (κ1) is 19.6. The van der Waals surface area contributed by atoms with Crippen LogP contribution in [0.1, 0.15) is 22.3 Å². The van der Waals surface area contributed by atoms with Crippen LogP contribution in [0.5, 0.6) is 5.75 Å². The predicted octanol–water partition coefficient (Wildman–Crippen LogP) is 6.19. The van der Waals surface area contributed by atoms with Gasteiger partial charge in [0.2, 0.25) is 0 Å². The average molecular weight is 395 g/mol. The molecule has 3 aromatic carbocycles. The smallest absolute Gasteiger partial charge is 0.269 e. The molecule has 0 aliphatic carbocycles. The van der Waals surface area contributed by atoms with Crippen LogP contribution in [0, 0.1) is 24.0 Å². The molecule has 0 heterocycles. The molecule has 0 unspecified atom stereocenters. The molecule has 3 rings (SSSR count). The molecule has 0 spiro atoms. The van der Waals surface area contributed by atoms with Crippen molar-refractivity contribution in [2.45, 2.75) is 20.5 Å². The van der Waals surface area contributed by atoms with Gasteiger partial charge in [-0.15, -0.1) is 0 Å². The topological polar surface area (TPSA) is 64.7 Å². The van der Waals surface area contributed by atoms with E-state index < -0.39 is 4.92 Å². The van der Waals surface area contributed by atoms with Crippen LogP contribution in [0.3, 0.4) is 0 Å². The number of hydrogen-bond donors (Lipinski definition) is 0. The number of nitro benzene ring substituents is 1. The van der Waals surface area contributed by atoms with Gasteiger partial charge in [-0.2, -0.15) is 0 Å². The summed E-state index contributed by atoms with van der Waals surface area (Å²) in [5.74, 6) is 0.545. The van der Waals surface area contributed by atoms with Crippen molar-refractivity contribution in [3.63, 3.8) is 0 Å². The first-order valence-electron chi connectivity index (χ1n) is 8.69. The SMILES string of the molecule is Cc1ccc(C)c(N=Cc2ccc(OCc3ccc([N+](=O)[O-])cc3)c(Cl)c2)c1. The van der Waals surface area contributed by atoms with E-state index in [0.717, 1.165) is 27.9 Å². The lowest BCUT2D eigenvalue weighted by Gasteiger charge is -2.09. The van der Waals surface area contributed by atoms with Gasteiger partial charge in [0.1, 0.15) is 12.4 Å². The Kier molecular flexibility index (Phi) is 6.06. The summed E-state index contributed by atoms with van der Waals surface area (Å²) in [4.78, 5) is 14.8. The quantitative estimate of drug-likeness (QED) is 0.284. The Labute approximate surface area is 168 Å². The Morgan fingerprint density at radius 1 is 1.07 bits per heavy atom. The number of halogens is 1. The second-order valence-electron chi connectivity index (χ2n) is 6.45. The van der Waals surface area contributed by atoms with Gasteiger partial charge in [-0.05, 0) is 72.5 Å². The van der Waals surface area contributed by atoms with E-state index in [9.17, 15) is 10.1 Å². The van der Waals surface area contributed by atoms with Gasteiger partial charge in [-0.3, -0.25) is 15.1 Å². The van der Waals surface area contributed by atoms with E-state index in [1.165, 1.54) is 12.1 Å². The van der Waals surface area contributed by atoms with Gasteiger partial charge in [0.05, 0.1) is 15.6 Å². The maximum Gasteiger partial charge on any atom is 0.269 e. The highest BCUT2D eigenvalue weighted by molar-refractivity contribution is 6.32. The highest BCUT2D eigenvalue weighted by Crippen LogP contribution is 2.27. The van der Waals surface area contributed by atoms with Gasteiger partial charge in [0.15, 0.2) is 0 Å². The van der Waals surface area contributed by atoms with Crippen LogP contribution < -0.4 is 4.74 Å². The van der Waals surface area contributed by atoms with Crippen molar-refractivity contribution in [1.82, 2.24) is 0 Å². The fourth-order valence-corrected chi connectivity index (χ4v) is 2.84. The molecule has 0 aliphatic heterocycles. The van der Waals surface area contributed by atoms with Crippen LogP contribution in [-0.4, -0.2) is 11.1 Å². The third-order valence-electron chi connectivity index (χ3n) is 4.21. The number of nitro groups is 1. The normalized spacial score (nSPS) is 11.0. The van der Waals surface area contributed by atoms with Crippen molar-refractivity contribution >= 4 is 29.2 Å². The molecular weight excluding hydrogens is 376 g/mol. The summed E-state index contributed by atoms with van der Waals surface area (Å²) in [7, 11) is 0. The summed E-state index contributed by atoms with van der Waals surface area (Å²) in [6, 6.07) is 17.8. The van der Waals surface area contributed by atoms with Crippen LogP contribution in [0.25, 0.3) is 0 Å². The molecule has 0 aromatic heterocycles. The van der Waals surface area contributed by atoms with E-state index in [1.54, 1.807) is 30.5 Å². The van der Waals surface area contributed by atoms with Gasteiger partial charge in [0.25, 0.3) is 5.69 Å². The summed E-state index contributed by atoms with van der Waals surface area (Å²) in [6.45, 7) is 4.33. The fourth-order valence-electron chi connectivity index (χ4n) is 2.59. The molecule has 0 saturated carbocycles. The summed E-state index contributed by atoms with van der Waals surface area (Å²) < 4.78 is 5.73. The first-order valence-corrected chi connectivity index (χ1v) is 9.07. The van der Waals surface area contributed by atoms with Gasteiger partial charge < -0.3 is 4.74 Å². The minimum absolute atomic E-state index is 0.0502. The number of non-ortho nitro benzene ring substituents is 1. The van der Waals surface area contributed by atoms with Crippen molar-refractivity contribution in [3.05, 3.63) is 98.1 Å².